The number of hydrogen-bond donors (Lipinski definition) is 2. The number of fused-ring (bicyclic) bond motifs is 1. The first-order valence-electron chi connectivity index (χ1n) is 10.3. The number of aryl methyl sites for hydroxylation is 2. The zero-order valence-electron chi connectivity index (χ0n) is 17.9. The fourth-order valence-corrected chi connectivity index (χ4v) is 3.99. The molecule has 0 unspecified atom stereocenters. The van der Waals surface area contributed by atoms with Crippen LogP contribution in [-0.2, 0) is 11.3 Å². The van der Waals surface area contributed by atoms with Crippen LogP contribution in [0.1, 0.15) is 29.5 Å². The number of likely N-dealkylation sites (N-methyl/N-ethyl adjacent to an activating group) is 1. The molecule has 1 aliphatic rings. The first kappa shape index (κ1) is 21.7. The lowest BCUT2D eigenvalue weighted by molar-refractivity contribution is 0.113. The second-order valence-corrected chi connectivity index (χ2v) is 8.60. The first-order chi connectivity index (χ1) is 13.8. The van der Waals surface area contributed by atoms with Gasteiger partial charge >= 0.3 is 0 Å². The zero-order valence-corrected chi connectivity index (χ0v) is 18.7. The Morgan fingerprint density at radius 1 is 1.28 bits per heavy atom. The molecule has 1 saturated heterocycles. The third kappa shape index (κ3) is 5.78. The van der Waals surface area contributed by atoms with Gasteiger partial charge in [-0.25, -0.2) is 0 Å². The topological polar surface area (TPSA) is 60.6 Å². The molecule has 2 aromatic rings. The average molecular weight is 417 g/mol. The SMILES string of the molecule is Cc1cc(C)c2[nH]c(=O)c(CN(CCN(C)C)C(=S)NC[C@H]3CCCO3)cc2c1. The molecule has 1 atom stereocenters. The number of rotatable bonds is 7. The summed E-state index contributed by atoms with van der Waals surface area (Å²) < 4.78 is 5.69. The highest BCUT2D eigenvalue weighted by Crippen LogP contribution is 2.18. The van der Waals surface area contributed by atoms with Gasteiger partial charge in [-0.15, -0.1) is 0 Å². The van der Waals surface area contributed by atoms with E-state index in [0.29, 0.717) is 18.2 Å². The number of thiocarbonyl (C=S) groups is 1. The van der Waals surface area contributed by atoms with E-state index in [-0.39, 0.29) is 11.7 Å². The molecule has 0 spiro atoms. The lowest BCUT2D eigenvalue weighted by atomic mass is 10.1. The van der Waals surface area contributed by atoms with Crippen molar-refractivity contribution in [2.24, 2.45) is 0 Å². The summed E-state index contributed by atoms with van der Waals surface area (Å²) in [6, 6.07) is 6.20. The van der Waals surface area contributed by atoms with Gasteiger partial charge in [0.15, 0.2) is 5.11 Å². The third-order valence-electron chi connectivity index (χ3n) is 5.34. The van der Waals surface area contributed by atoms with Crippen molar-refractivity contribution in [3.05, 3.63) is 45.2 Å². The summed E-state index contributed by atoms with van der Waals surface area (Å²) in [6.45, 7) is 7.71. The summed E-state index contributed by atoms with van der Waals surface area (Å²) >= 11 is 5.67. The van der Waals surface area contributed by atoms with E-state index < -0.39 is 0 Å². The molecule has 7 heteroatoms. The maximum absolute atomic E-state index is 12.8. The monoisotopic (exact) mass is 416 g/mol. The van der Waals surface area contributed by atoms with Crippen LogP contribution in [0.15, 0.2) is 23.0 Å². The van der Waals surface area contributed by atoms with Gasteiger partial charge in [-0.1, -0.05) is 11.6 Å². The van der Waals surface area contributed by atoms with Gasteiger partial charge in [0.25, 0.3) is 5.56 Å². The fraction of sp³-hybridized carbons (Fsp3) is 0.545. The van der Waals surface area contributed by atoms with Crippen LogP contribution in [0.2, 0.25) is 0 Å². The molecule has 0 bridgehead atoms. The molecule has 3 rings (SSSR count). The van der Waals surface area contributed by atoms with Gasteiger partial charge in [0.2, 0.25) is 0 Å². The lowest BCUT2D eigenvalue weighted by Gasteiger charge is -2.28. The van der Waals surface area contributed by atoms with Crippen LogP contribution < -0.4 is 10.9 Å². The van der Waals surface area contributed by atoms with Gasteiger partial charge < -0.3 is 24.8 Å². The van der Waals surface area contributed by atoms with Crippen molar-refractivity contribution in [3.8, 4) is 0 Å². The van der Waals surface area contributed by atoms with Crippen LogP contribution >= 0.6 is 12.2 Å². The van der Waals surface area contributed by atoms with Crippen molar-refractivity contribution in [2.75, 3.05) is 40.3 Å². The van der Waals surface area contributed by atoms with Gasteiger partial charge in [0.1, 0.15) is 0 Å². The smallest absolute Gasteiger partial charge is 0.253 e. The summed E-state index contributed by atoms with van der Waals surface area (Å²) in [5.41, 5.74) is 3.85. The van der Waals surface area contributed by atoms with Crippen molar-refractivity contribution in [3.63, 3.8) is 0 Å². The van der Waals surface area contributed by atoms with Crippen molar-refractivity contribution < 1.29 is 4.74 Å². The second-order valence-electron chi connectivity index (χ2n) is 8.22. The van der Waals surface area contributed by atoms with Crippen LogP contribution in [0, 0.1) is 13.8 Å². The summed E-state index contributed by atoms with van der Waals surface area (Å²) in [4.78, 5) is 20.0. The number of pyridine rings is 1. The Bertz CT molecular complexity index is 919. The maximum Gasteiger partial charge on any atom is 0.253 e. The maximum atomic E-state index is 12.8. The Morgan fingerprint density at radius 2 is 2.07 bits per heavy atom. The molecule has 158 valence electrons. The Kier molecular flexibility index (Phi) is 7.27. The van der Waals surface area contributed by atoms with Crippen molar-refractivity contribution >= 4 is 28.2 Å². The summed E-state index contributed by atoms with van der Waals surface area (Å²) in [6.07, 6.45) is 2.39. The van der Waals surface area contributed by atoms with Crippen molar-refractivity contribution in [1.82, 2.24) is 20.1 Å². The molecular formula is C22H32N4O2S. The number of aromatic nitrogens is 1. The van der Waals surface area contributed by atoms with E-state index in [4.69, 9.17) is 17.0 Å². The molecule has 1 aromatic heterocycles. The molecule has 0 saturated carbocycles. The Morgan fingerprint density at radius 3 is 2.76 bits per heavy atom. The molecule has 0 aliphatic carbocycles. The summed E-state index contributed by atoms with van der Waals surface area (Å²) in [5.74, 6) is 0. The predicted octanol–water partition coefficient (Wildman–Crippen LogP) is 2.56. The number of ether oxygens (including phenoxy) is 1. The second kappa shape index (κ2) is 9.69. The minimum Gasteiger partial charge on any atom is -0.376 e. The fourth-order valence-electron chi connectivity index (χ4n) is 3.75. The standard InChI is InChI=1S/C22H32N4O2S/c1-15-10-16(2)20-17(11-15)12-18(21(27)24-20)14-26(8-7-25(3)4)22(29)23-13-19-6-5-9-28-19/h10-12,19H,5-9,13-14H2,1-4H3,(H,23,29)(H,24,27)/t19-/m1/s1. The Labute approximate surface area is 178 Å². The number of hydrogen-bond acceptors (Lipinski definition) is 4. The number of aromatic amines is 1. The molecule has 2 N–H and O–H groups in total. The Hall–Kier alpha value is -1.96. The molecule has 0 radical (unpaired) electrons. The molecule has 1 fully saturated rings. The molecule has 29 heavy (non-hydrogen) atoms. The van der Waals surface area contributed by atoms with Crippen LogP contribution in [0.25, 0.3) is 10.9 Å². The van der Waals surface area contributed by atoms with Gasteiger partial charge in [0.05, 0.1) is 18.2 Å². The summed E-state index contributed by atoms with van der Waals surface area (Å²) in [5, 5.41) is 5.07. The molecule has 0 amide bonds. The van der Waals surface area contributed by atoms with E-state index in [2.05, 4.69) is 39.2 Å². The Balaban J connectivity index is 1.79. The molecular weight excluding hydrogens is 384 g/mol. The highest BCUT2D eigenvalue weighted by atomic mass is 32.1. The third-order valence-corrected chi connectivity index (χ3v) is 5.74. The molecule has 1 aliphatic heterocycles. The molecule has 2 heterocycles. The zero-order chi connectivity index (χ0) is 21.0. The lowest BCUT2D eigenvalue weighted by Crippen LogP contribution is -2.45. The van der Waals surface area contributed by atoms with Gasteiger partial charge in [-0.3, -0.25) is 4.79 Å². The quantitative estimate of drug-likeness (QED) is 0.677. The van der Waals surface area contributed by atoms with Gasteiger partial charge in [0, 0.05) is 31.8 Å². The normalized spacial score (nSPS) is 16.5. The van der Waals surface area contributed by atoms with E-state index in [0.717, 1.165) is 54.6 Å². The minimum atomic E-state index is -0.0544. The first-order valence-corrected chi connectivity index (χ1v) is 10.7. The van der Waals surface area contributed by atoms with E-state index in [1.54, 1.807) is 0 Å². The van der Waals surface area contributed by atoms with E-state index in [1.165, 1.54) is 5.56 Å². The number of H-pyrrole nitrogens is 1. The van der Waals surface area contributed by atoms with Crippen LogP contribution in [-0.4, -0.2) is 66.3 Å². The number of nitrogens with one attached hydrogen (secondary N) is 2. The van der Waals surface area contributed by atoms with Crippen molar-refractivity contribution in [1.29, 1.82) is 0 Å². The molecule has 6 nitrogen and oxygen atoms in total. The molecule has 1 aromatic carbocycles. The highest BCUT2D eigenvalue weighted by molar-refractivity contribution is 7.80. The van der Waals surface area contributed by atoms with Crippen LogP contribution in [0.4, 0.5) is 0 Å². The average Bonchev–Trinajstić information content (AvgIpc) is 3.17. The van der Waals surface area contributed by atoms with Gasteiger partial charge in [-0.2, -0.15) is 0 Å². The summed E-state index contributed by atoms with van der Waals surface area (Å²) in [7, 11) is 4.07. The minimum absolute atomic E-state index is 0.0544. The van der Waals surface area contributed by atoms with Crippen molar-refractivity contribution in [2.45, 2.75) is 39.3 Å². The van der Waals surface area contributed by atoms with Crippen LogP contribution in [0.3, 0.4) is 0 Å². The number of benzene rings is 1. The van der Waals surface area contributed by atoms with Gasteiger partial charge in [-0.05, 0) is 76.1 Å². The van der Waals surface area contributed by atoms with E-state index in [1.807, 2.05) is 27.1 Å². The van der Waals surface area contributed by atoms with Crippen LogP contribution in [0.5, 0.6) is 0 Å². The number of nitrogens with zero attached hydrogens (tertiary/aromatic N) is 2. The largest absolute Gasteiger partial charge is 0.376 e. The van der Waals surface area contributed by atoms with E-state index in [9.17, 15) is 4.79 Å². The predicted molar refractivity (Wildman–Crippen MR) is 123 cm³/mol. The van der Waals surface area contributed by atoms with E-state index >= 15 is 0 Å². The highest BCUT2D eigenvalue weighted by Gasteiger charge is 2.18.